The number of hydrogen-bond acceptors (Lipinski definition) is 5. The molecule has 0 radical (unpaired) electrons. The third kappa shape index (κ3) is 5.01. The van der Waals surface area contributed by atoms with E-state index in [9.17, 15) is 14.7 Å². The molecule has 0 aliphatic carbocycles. The van der Waals surface area contributed by atoms with E-state index in [4.69, 9.17) is 21.1 Å². The first-order valence-electron chi connectivity index (χ1n) is 12.5. The minimum atomic E-state index is -0.920. The molecule has 3 aromatic rings. The van der Waals surface area contributed by atoms with Crippen LogP contribution in [0, 0.1) is 6.92 Å². The van der Waals surface area contributed by atoms with Crippen LogP contribution in [-0.2, 0) is 15.0 Å². The number of amides is 1. The first-order chi connectivity index (χ1) is 18.0. The highest BCUT2D eigenvalue weighted by atomic mass is 35.5. The molecule has 7 heteroatoms. The highest BCUT2D eigenvalue weighted by Gasteiger charge is 2.47. The maximum Gasteiger partial charge on any atom is 0.300 e. The number of aliphatic hydroxyl groups is 1. The fourth-order valence-corrected chi connectivity index (χ4v) is 4.85. The third-order valence-corrected chi connectivity index (χ3v) is 6.93. The van der Waals surface area contributed by atoms with E-state index in [1.165, 1.54) is 4.90 Å². The van der Waals surface area contributed by atoms with Gasteiger partial charge in [0.05, 0.1) is 25.3 Å². The van der Waals surface area contributed by atoms with E-state index in [1.807, 2.05) is 32.0 Å². The number of aryl methyl sites for hydroxylation is 1. The third-order valence-electron chi connectivity index (χ3n) is 6.69. The lowest BCUT2D eigenvalue weighted by Crippen LogP contribution is -2.29. The Hall–Kier alpha value is -3.77. The summed E-state index contributed by atoms with van der Waals surface area (Å²) in [6.45, 7) is 10.3. The fraction of sp³-hybridized carbons (Fsp3) is 0.290. The highest BCUT2D eigenvalue weighted by Crippen LogP contribution is 2.45. The van der Waals surface area contributed by atoms with Crippen LogP contribution in [0.25, 0.3) is 5.76 Å². The van der Waals surface area contributed by atoms with Gasteiger partial charge in [-0.1, -0.05) is 56.6 Å². The van der Waals surface area contributed by atoms with Crippen molar-refractivity contribution in [3.63, 3.8) is 0 Å². The summed E-state index contributed by atoms with van der Waals surface area (Å²) in [6, 6.07) is 16.9. The van der Waals surface area contributed by atoms with E-state index in [0.717, 1.165) is 11.1 Å². The molecule has 1 aliphatic heterocycles. The van der Waals surface area contributed by atoms with Crippen molar-refractivity contribution >= 4 is 34.7 Å². The summed E-state index contributed by atoms with van der Waals surface area (Å²) in [5, 5.41) is 12.1. The van der Waals surface area contributed by atoms with Gasteiger partial charge in [0.15, 0.2) is 11.5 Å². The number of rotatable bonds is 6. The van der Waals surface area contributed by atoms with E-state index in [1.54, 1.807) is 49.6 Å². The number of anilines is 1. The van der Waals surface area contributed by atoms with E-state index in [-0.39, 0.29) is 16.7 Å². The first-order valence-corrected chi connectivity index (χ1v) is 12.8. The molecule has 0 spiro atoms. The number of nitrogens with zero attached hydrogens (tertiary/aromatic N) is 1. The summed E-state index contributed by atoms with van der Waals surface area (Å²) in [6.07, 6.45) is 0. The molecule has 1 atom stereocenters. The van der Waals surface area contributed by atoms with Crippen molar-refractivity contribution in [3.05, 3.63) is 93.5 Å². The van der Waals surface area contributed by atoms with Gasteiger partial charge in [-0.2, -0.15) is 0 Å². The van der Waals surface area contributed by atoms with Gasteiger partial charge in [0.1, 0.15) is 5.76 Å². The normalized spacial score (nSPS) is 17.1. The predicted octanol–water partition coefficient (Wildman–Crippen LogP) is 6.98. The van der Waals surface area contributed by atoms with Crippen LogP contribution < -0.4 is 14.4 Å². The van der Waals surface area contributed by atoms with Crippen LogP contribution in [0.3, 0.4) is 0 Å². The molecule has 4 rings (SSSR count). The van der Waals surface area contributed by atoms with E-state index in [2.05, 4.69) is 20.8 Å². The number of aliphatic hydroxyl groups excluding tert-OH is 1. The van der Waals surface area contributed by atoms with Gasteiger partial charge in [-0.25, -0.2) is 0 Å². The second kappa shape index (κ2) is 10.5. The van der Waals surface area contributed by atoms with Crippen molar-refractivity contribution < 1.29 is 24.2 Å². The Kier molecular flexibility index (Phi) is 7.56. The van der Waals surface area contributed by atoms with Crippen LogP contribution in [0.5, 0.6) is 11.5 Å². The van der Waals surface area contributed by atoms with E-state index >= 15 is 0 Å². The number of carbonyl (C=O) groups excluding carboxylic acids is 2. The van der Waals surface area contributed by atoms with Crippen molar-refractivity contribution in [3.8, 4) is 11.5 Å². The molecular formula is C31H32ClNO5. The van der Waals surface area contributed by atoms with Crippen LogP contribution in [0.1, 0.15) is 56.0 Å². The number of ether oxygens (including phenoxy) is 2. The van der Waals surface area contributed by atoms with Crippen molar-refractivity contribution in [2.24, 2.45) is 0 Å². The van der Waals surface area contributed by atoms with Crippen molar-refractivity contribution in [2.45, 2.75) is 46.1 Å². The second-order valence-corrected chi connectivity index (χ2v) is 10.7. The quantitative estimate of drug-likeness (QED) is 0.210. The summed E-state index contributed by atoms with van der Waals surface area (Å²) < 4.78 is 11.2. The lowest BCUT2D eigenvalue weighted by Gasteiger charge is -2.26. The molecule has 1 fully saturated rings. The maximum atomic E-state index is 13.6. The van der Waals surface area contributed by atoms with Crippen LogP contribution >= 0.6 is 11.6 Å². The van der Waals surface area contributed by atoms with Gasteiger partial charge < -0.3 is 14.6 Å². The van der Waals surface area contributed by atoms with Gasteiger partial charge in [-0.05, 0) is 72.4 Å². The van der Waals surface area contributed by atoms with Gasteiger partial charge in [0.25, 0.3) is 11.7 Å². The Balaban J connectivity index is 2.01. The smallest absolute Gasteiger partial charge is 0.300 e. The SMILES string of the molecule is CCOc1cc(C2/C(=C(\O)c3cc(C(C)(C)C)ccc3C)C(=O)C(=O)N2c2cccc(Cl)c2)ccc1OC. The number of hydrogen-bond donors (Lipinski definition) is 1. The maximum absolute atomic E-state index is 13.6. The van der Waals surface area contributed by atoms with Gasteiger partial charge in [-0.3, -0.25) is 14.5 Å². The van der Waals surface area contributed by atoms with Crippen molar-refractivity contribution in [1.29, 1.82) is 0 Å². The van der Waals surface area contributed by atoms with Gasteiger partial charge >= 0.3 is 0 Å². The standard InChI is InChI=1S/C31H32ClNO5/c1-7-38-25-15-19(12-14-24(25)37-6)27-26(28(34)23-16-20(31(3,4)5)13-11-18(23)2)29(35)30(36)33(27)22-10-8-9-21(32)17-22/h8-17,27,34H,7H2,1-6H3/b28-26+. The first kappa shape index (κ1) is 27.3. The number of halogens is 1. The molecule has 3 aromatic carbocycles. The summed E-state index contributed by atoms with van der Waals surface area (Å²) in [5.74, 6) is -0.770. The molecule has 1 aliphatic rings. The predicted molar refractivity (Wildman–Crippen MR) is 150 cm³/mol. The van der Waals surface area contributed by atoms with Crippen molar-refractivity contribution in [1.82, 2.24) is 0 Å². The summed E-state index contributed by atoms with van der Waals surface area (Å²) >= 11 is 6.26. The minimum absolute atomic E-state index is 0.00301. The van der Waals surface area contributed by atoms with Gasteiger partial charge in [0.2, 0.25) is 0 Å². The highest BCUT2D eigenvalue weighted by molar-refractivity contribution is 6.51. The van der Waals surface area contributed by atoms with E-state index in [0.29, 0.717) is 39.9 Å². The number of benzene rings is 3. The minimum Gasteiger partial charge on any atom is -0.507 e. The molecule has 6 nitrogen and oxygen atoms in total. The molecule has 1 saturated heterocycles. The summed E-state index contributed by atoms with van der Waals surface area (Å²) in [7, 11) is 1.54. The molecular weight excluding hydrogens is 502 g/mol. The molecule has 0 saturated carbocycles. The molecule has 38 heavy (non-hydrogen) atoms. The average Bonchev–Trinajstić information content (AvgIpc) is 3.13. The molecule has 198 valence electrons. The van der Waals surface area contributed by atoms with Crippen LogP contribution in [-0.4, -0.2) is 30.5 Å². The zero-order valence-electron chi connectivity index (χ0n) is 22.5. The fourth-order valence-electron chi connectivity index (χ4n) is 4.66. The Morgan fingerprint density at radius 1 is 1.03 bits per heavy atom. The largest absolute Gasteiger partial charge is 0.507 e. The number of ketones is 1. The van der Waals surface area contributed by atoms with Crippen LogP contribution in [0.15, 0.2) is 66.2 Å². The van der Waals surface area contributed by atoms with Crippen molar-refractivity contribution in [2.75, 3.05) is 18.6 Å². The Morgan fingerprint density at radius 2 is 1.76 bits per heavy atom. The molecule has 1 unspecified atom stereocenters. The van der Waals surface area contributed by atoms with Crippen LogP contribution in [0.4, 0.5) is 5.69 Å². The van der Waals surface area contributed by atoms with Gasteiger partial charge in [0, 0.05) is 16.3 Å². The van der Waals surface area contributed by atoms with Crippen LogP contribution in [0.2, 0.25) is 5.02 Å². The molecule has 1 N–H and O–H groups in total. The number of carbonyl (C=O) groups is 2. The molecule has 0 aromatic heterocycles. The number of Topliss-reactive ketones (excluding diaryl/α,β-unsaturated/α-hetero) is 1. The van der Waals surface area contributed by atoms with Gasteiger partial charge in [-0.15, -0.1) is 0 Å². The molecule has 1 heterocycles. The Morgan fingerprint density at radius 3 is 2.39 bits per heavy atom. The van der Waals surface area contributed by atoms with E-state index < -0.39 is 17.7 Å². The molecule has 0 bridgehead atoms. The topological polar surface area (TPSA) is 76.1 Å². The summed E-state index contributed by atoms with van der Waals surface area (Å²) in [5.41, 5.74) is 3.12. The Labute approximate surface area is 228 Å². The summed E-state index contributed by atoms with van der Waals surface area (Å²) in [4.78, 5) is 28.5. The average molecular weight is 534 g/mol. The second-order valence-electron chi connectivity index (χ2n) is 10.3. The lowest BCUT2D eigenvalue weighted by molar-refractivity contribution is -0.132. The number of methoxy groups -OCH3 is 1. The zero-order valence-corrected chi connectivity index (χ0v) is 23.2. The zero-order chi connectivity index (χ0) is 27.8. The Bertz CT molecular complexity index is 1440. The monoisotopic (exact) mass is 533 g/mol. The molecule has 1 amide bonds. The lowest BCUT2D eigenvalue weighted by atomic mass is 9.84.